The molecule has 0 saturated heterocycles. The summed E-state index contributed by atoms with van der Waals surface area (Å²) in [4.78, 5) is 5.35. The van der Waals surface area contributed by atoms with Gasteiger partial charge in [-0.2, -0.15) is 0 Å². The number of hydrogen-bond acceptors (Lipinski definition) is 3. The zero-order chi connectivity index (χ0) is 56.3. The molecule has 5 heteroatoms. The molecule has 2 aliphatic heterocycles. The Morgan fingerprint density at radius 1 is 0.398 bits per heavy atom. The third-order valence-corrected chi connectivity index (χ3v) is 17.9. The van der Waals surface area contributed by atoms with E-state index in [1.807, 2.05) is 0 Å². The number of anilines is 6. The first-order valence-electron chi connectivity index (χ1n) is 29.8. The Labute approximate surface area is 488 Å². The second-order valence-electron chi connectivity index (χ2n) is 25.1. The summed E-state index contributed by atoms with van der Waals surface area (Å²) in [7, 11) is 0. The monoisotopic (exact) mass is 1070 g/mol. The number of para-hydroxylation sites is 3. The Bertz CT molecular complexity index is 4580. The number of rotatable bonds is 9. The number of aryl methyl sites for hydroxylation is 1. The van der Waals surface area contributed by atoms with Crippen LogP contribution in [-0.4, -0.2) is 11.3 Å². The standard InChI is InChI=1S/C78H66BN3O/c1-8-9-25-54-42-63-60-34-21-24-37-73(60)83-74(63)49-69(54)81-68-41-38-53(50-26-13-10-14-27-50)43-65(68)79-64-40-39-57(80-66-35-22-19-32-58(66)59-33-20-23-36-67(59)80)48-70(64)82(72-47-56(78(5,6)7)46-71(81)75(72)79)76-61(51-28-15-11-16-29-51)44-55(77(2,3)4)45-62(76)52-30-17-12-18-31-52/h10-24,26-49H,8-9,25H2,1-7H3. The minimum Gasteiger partial charge on any atom is -0.456 e. The van der Waals surface area contributed by atoms with Crippen molar-refractivity contribution in [3.05, 3.63) is 253 Å². The van der Waals surface area contributed by atoms with E-state index in [0.717, 1.165) is 64.0 Å². The average molecular weight is 1070 g/mol. The molecule has 2 aromatic heterocycles. The molecular formula is C78H66BN3O. The van der Waals surface area contributed by atoms with Gasteiger partial charge in [0.05, 0.1) is 22.4 Å². The van der Waals surface area contributed by atoms with Gasteiger partial charge in [-0.3, -0.25) is 0 Å². The van der Waals surface area contributed by atoms with Gasteiger partial charge in [0.1, 0.15) is 11.2 Å². The molecule has 15 rings (SSSR count). The molecule has 11 aromatic carbocycles. The third kappa shape index (κ3) is 8.26. The molecule has 4 heterocycles. The van der Waals surface area contributed by atoms with E-state index in [1.54, 1.807) is 0 Å². The van der Waals surface area contributed by atoms with Crippen molar-refractivity contribution >= 4 is 101 Å². The summed E-state index contributed by atoms with van der Waals surface area (Å²) >= 11 is 0. The summed E-state index contributed by atoms with van der Waals surface area (Å²) in [6.07, 6.45) is 3.08. The zero-order valence-corrected chi connectivity index (χ0v) is 48.5. The number of fused-ring (bicyclic) bond motifs is 10. The predicted octanol–water partition coefficient (Wildman–Crippen LogP) is 19.7. The lowest BCUT2D eigenvalue weighted by molar-refractivity contribution is 0.590. The molecule has 402 valence electrons. The van der Waals surface area contributed by atoms with Crippen molar-refractivity contribution in [2.75, 3.05) is 9.80 Å². The fourth-order valence-electron chi connectivity index (χ4n) is 13.6. The Balaban J connectivity index is 1.12. The lowest BCUT2D eigenvalue weighted by atomic mass is 9.33. The highest BCUT2D eigenvalue weighted by molar-refractivity contribution is 7.00. The van der Waals surface area contributed by atoms with Crippen LogP contribution in [0.25, 0.3) is 82.8 Å². The molecule has 0 aliphatic carbocycles. The third-order valence-electron chi connectivity index (χ3n) is 17.9. The van der Waals surface area contributed by atoms with E-state index >= 15 is 0 Å². The summed E-state index contributed by atoms with van der Waals surface area (Å²) in [5.41, 5.74) is 26.8. The lowest BCUT2D eigenvalue weighted by Gasteiger charge is -2.46. The van der Waals surface area contributed by atoms with Gasteiger partial charge in [0.25, 0.3) is 6.71 Å². The van der Waals surface area contributed by atoms with Crippen molar-refractivity contribution in [1.82, 2.24) is 4.57 Å². The smallest absolute Gasteiger partial charge is 0.252 e. The molecule has 0 fully saturated rings. The van der Waals surface area contributed by atoms with Crippen LogP contribution < -0.4 is 26.2 Å². The van der Waals surface area contributed by atoms with Gasteiger partial charge >= 0.3 is 0 Å². The van der Waals surface area contributed by atoms with E-state index in [9.17, 15) is 0 Å². The van der Waals surface area contributed by atoms with Gasteiger partial charge in [-0.1, -0.05) is 219 Å². The van der Waals surface area contributed by atoms with Gasteiger partial charge in [0.2, 0.25) is 0 Å². The van der Waals surface area contributed by atoms with Gasteiger partial charge < -0.3 is 18.8 Å². The van der Waals surface area contributed by atoms with E-state index in [-0.39, 0.29) is 17.5 Å². The molecule has 13 aromatic rings. The van der Waals surface area contributed by atoms with Gasteiger partial charge in [-0.05, 0) is 146 Å². The molecule has 0 amide bonds. The van der Waals surface area contributed by atoms with E-state index < -0.39 is 0 Å². The van der Waals surface area contributed by atoms with Crippen molar-refractivity contribution in [2.24, 2.45) is 0 Å². The van der Waals surface area contributed by atoms with Crippen LogP contribution >= 0.6 is 0 Å². The fourth-order valence-corrected chi connectivity index (χ4v) is 13.6. The minimum absolute atomic E-state index is 0.148. The second-order valence-corrected chi connectivity index (χ2v) is 25.1. The molecule has 0 spiro atoms. The first-order chi connectivity index (χ1) is 40.4. The quantitative estimate of drug-likeness (QED) is 0.135. The molecule has 0 saturated carbocycles. The van der Waals surface area contributed by atoms with Crippen molar-refractivity contribution in [3.63, 3.8) is 0 Å². The molecule has 0 bridgehead atoms. The van der Waals surface area contributed by atoms with Gasteiger partial charge in [-0.25, -0.2) is 0 Å². The molecule has 4 nitrogen and oxygen atoms in total. The average Bonchev–Trinajstić information content (AvgIpc) is 2.87. The van der Waals surface area contributed by atoms with Gasteiger partial charge in [0.15, 0.2) is 0 Å². The Hall–Kier alpha value is -9.32. The maximum absolute atomic E-state index is 6.88. The highest BCUT2D eigenvalue weighted by Crippen LogP contribution is 2.53. The van der Waals surface area contributed by atoms with Crippen LogP contribution in [0.3, 0.4) is 0 Å². The summed E-state index contributed by atoms with van der Waals surface area (Å²) < 4.78 is 9.37. The van der Waals surface area contributed by atoms with Crippen molar-refractivity contribution < 1.29 is 4.42 Å². The molecule has 0 unspecified atom stereocenters. The molecule has 83 heavy (non-hydrogen) atoms. The van der Waals surface area contributed by atoms with Crippen LogP contribution in [0.15, 0.2) is 241 Å². The molecule has 2 aliphatic rings. The Morgan fingerprint density at radius 3 is 1.57 bits per heavy atom. The topological polar surface area (TPSA) is 24.6 Å². The van der Waals surface area contributed by atoms with Crippen molar-refractivity contribution in [3.8, 4) is 39.1 Å². The highest BCUT2D eigenvalue weighted by atomic mass is 16.3. The van der Waals surface area contributed by atoms with E-state index in [4.69, 9.17) is 4.42 Å². The van der Waals surface area contributed by atoms with Crippen LogP contribution in [0.5, 0.6) is 0 Å². The van der Waals surface area contributed by atoms with Crippen LogP contribution in [-0.2, 0) is 17.3 Å². The van der Waals surface area contributed by atoms with Crippen molar-refractivity contribution in [2.45, 2.75) is 78.6 Å². The lowest BCUT2D eigenvalue weighted by Crippen LogP contribution is -2.61. The largest absolute Gasteiger partial charge is 0.456 e. The van der Waals surface area contributed by atoms with Crippen LogP contribution in [0.4, 0.5) is 34.1 Å². The van der Waals surface area contributed by atoms with E-state index in [2.05, 4.69) is 299 Å². The molecule has 0 radical (unpaired) electrons. The molecule has 0 N–H and O–H groups in total. The number of hydrogen-bond donors (Lipinski definition) is 0. The van der Waals surface area contributed by atoms with Crippen molar-refractivity contribution in [1.29, 1.82) is 0 Å². The van der Waals surface area contributed by atoms with Gasteiger partial charge in [-0.15, -0.1) is 0 Å². The number of aromatic nitrogens is 1. The number of unbranched alkanes of at least 4 members (excludes halogenated alkanes) is 1. The van der Waals surface area contributed by atoms with E-state index in [1.165, 1.54) is 105 Å². The maximum Gasteiger partial charge on any atom is 0.252 e. The van der Waals surface area contributed by atoms with Gasteiger partial charge in [0, 0.05) is 67.2 Å². The first-order valence-corrected chi connectivity index (χ1v) is 29.8. The summed E-state index contributed by atoms with van der Waals surface area (Å²) in [6, 6.07) is 89.1. The Morgan fingerprint density at radius 2 is 0.952 bits per heavy atom. The Kier molecular flexibility index (Phi) is 11.8. The number of nitrogens with zero attached hydrogens (tertiary/aromatic N) is 3. The SMILES string of the molecule is CCCCc1cc2c(cc1N1c3ccc(-c4ccccc4)cc3B3c4ccc(-n5c6ccccc6c6ccccc65)cc4N(c4c(-c5ccccc5)cc(C(C)(C)C)cc4-c4ccccc4)c4cc(C(C)(C)C)cc1c43)oc1ccccc12. The van der Waals surface area contributed by atoms with Crippen LogP contribution in [0.1, 0.15) is 78.0 Å². The summed E-state index contributed by atoms with van der Waals surface area (Å²) in [6.45, 7) is 16.3. The fraction of sp³-hybridized carbons (Fsp3) is 0.154. The molecule has 0 atom stereocenters. The van der Waals surface area contributed by atoms with E-state index in [0.29, 0.717) is 0 Å². The highest BCUT2D eigenvalue weighted by Gasteiger charge is 2.46. The van der Waals surface area contributed by atoms with Crippen LogP contribution in [0.2, 0.25) is 0 Å². The normalized spacial score (nSPS) is 13.1. The number of furan rings is 1. The second kappa shape index (κ2) is 19.4. The number of benzene rings is 11. The summed E-state index contributed by atoms with van der Waals surface area (Å²) in [5, 5.41) is 4.80. The maximum atomic E-state index is 6.88. The zero-order valence-electron chi connectivity index (χ0n) is 48.5. The molecular weight excluding hydrogens is 1010 g/mol. The first kappa shape index (κ1) is 50.6. The summed E-state index contributed by atoms with van der Waals surface area (Å²) in [5.74, 6) is 0. The minimum atomic E-state index is -0.241. The van der Waals surface area contributed by atoms with Crippen LogP contribution in [0, 0.1) is 0 Å². The predicted molar refractivity (Wildman–Crippen MR) is 354 cm³/mol.